The number of rotatable bonds is 5. The fraction of sp³-hybridized carbons (Fsp3) is 0.312. The van der Waals surface area contributed by atoms with Gasteiger partial charge in [0.05, 0.1) is 12.6 Å². The van der Waals surface area contributed by atoms with Crippen LogP contribution in [0.4, 0.5) is 0 Å². The molecule has 0 spiro atoms. The van der Waals surface area contributed by atoms with Crippen LogP contribution in [0.3, 0.4) is 0 Å². The zero-order chi connectivity index (χ0) is 15.5. The molecule has 22 heavy (non-hydrogen) atoms. The van der Waals surface area contributed by atoms with Crippen LogP contribution in [0, 0.1) is 0 Å². The van der Waals surface area contributed by atoms with Gasteiger partial charge in [-0.3, -0.25) is 0 Å². The molecule has 0 aliphatic carbocycles. The van der Waals surface area contributed by atoms with E-state index in [0.29, 0.717) is 29.9 Å². The van der Waals surface area contributed by atoms with Crippen molar-refractivity contribution < 1.29 is 9.26 Å². The van der Waals surface area contributed by atoms with Gasteiger partial charge in [0.15, 0.2) is 5.82 Å². The first-order chi connectivity index (χ1) is 10.7. The standard InChI is InChI=1S/C16H18N4O2/c1-10(17-2)8-15-19-16(22-20-15)14-6-4-11-9-12(21-3)5-7-13(11)18-14/h4-7,9-10,17H,8H2,1-3H3. The smallest absolute Gasteiger partial charge is 0.276 e. The predicted octanol–water partition coefficient (Wildman–Crippen LogP) is 2.44. The molecule has 1 N–H and O–H groups in total. The van der Waals surface area contributed by atoms with Gasteiger partial charge in [-0.05, 0) is 38.2 Å². The van der Waals surface area contributed by atoms with Crippen molar-refractivity contribution in [3.63, 3.8) is 0 Å². The van der Waals surface area contributed by atoms with Gasteiger partial charge in [-0.1, -0.05) is 11.2 Å². The monoisotopic (exact) mass is 298 g/mol. The number of pyridine rings is 1. The zero-order valence-electron chi connectivity index (χ0n) is 12.8. The molecule has 0 radical (unpaired) electrons. The second kappa shape index (κ2) is 6.11. The summed E-state index contributed by atoms with van der Waals surface area (Å²) in [7, 11) is 3.56. The van der Waals surface area contributed by atoms with Gasteiger partial charge in [0.25, 0.3) is 5.89 Å². The first-order valence-electron chi connectivity index (χ1n) is 7.14. The van der Waals surface area contributed by atoms with Crippen molar-refractivity contribution in [2.45, 2.75) is 19.4 Å². The lowest BCUT2D eigenvalue weighted by Crippen LogP contribution is -2.24. The Morgan fingerprint density at radius 1 is 1.23 bits per heavy atom. The lowest BCUT2D eigenvalue weighted by Gasteiger charge is -2.04. The van der Waals surface area contributed by atoms with Crippen molar-refractivity contribution in [1.29, 1.82) is 0 Å². The van der Waals surface area contributed by atoms with Gasteiger partial charge in [0.1, 0.15) is 11.4 Å². The van der Waals surface area contributed by atoms with E-state index >= 15 is 0 Å². The van der Waals surface area contributed by atoms with Crippen molar-refractivity contribution >= 4 is 10.9 Å². The van der Waals surface area contributed by atoms with Gasteiger partial charge in [-0.25, -0.2) is 4.98 Å². The molecule has 114 valence electrons. The number of hydrogen-bond donors (Lipinski definition) is 1. The van der Waals surface area contributed by atoms with Crippen LogP contribution in [0.1, 0.15) is 12.7 Å². The van der Waals surface area contributed by atoms with Crippen LogP contribution in [0.5, 0.6) is 5.75 Å². The van der Waals surface area contributed by atoms with Crippen LogP contribution < -0.4 is 10.1 Å². The molecule has 2 aromatic heterocycles. The Hall–Kier alpha value is -2.47. The molecule has 0 aliphatic heterocycles. The van der Waals surface area contributed by atoms with Crippen molar-refractivity contribution in [2.24, 2.45) is 0 Å². The molecule has 0 aliphatic rings. The predicted molar refractivity (Wildman–Crippen MR) is 83.8 cm³/mol. The summed E-state index contributed by atoms with van der Waals surface area (Å²) in [5.74, 6) is 1.92. The van der Waals surface area contributed by atoms with Crippen LogP contribution in [0.2, 0.25) is 0 Å². The molecule has 0 saturated carbocycles. The number of nitrogens with one attached hydrogen (secondary N) is 1. The summed E-state index contributed by atoms with van der Waals surface area (Å²) in [5, 5.41) is 8.16. The molecular weight excluding hydrogens is 280 g/mol. The van der Waals surface area contributed by atoms with E-state index in [1.54, 1.807) is 7.11 Å². The summed E-state index contributed by atoms with van der Waals surface area (Å²) >= 11 is 0. The quantitative estimate of drug-likeness (QED) is 0.780. The molecule has 3 aromatic rings. The van der Waals surface area contributed by atoms with Crippen molar-refractivity contribution in [1.82, 2.24) is 20.4 Å². The summed E-state index contributed by atoms with van der Waals surface area (Å²) in [6, 6.07) is 9.88. The van der Waals surface area contributed by atoms with Crippen molar-refractivity contribution in [3.8, 4) is 17.3 Å². The lowest BCUT2D eigenvalue weighted by atomic mass is 10.2. The molecule has 1 atom stereocenters. The van der Waals surface area contributed by atoms with E-state index in [1.807, 2.05) is 37.4 Å². The summed E-state index contributed by atoms with van der Waals surface area (Å²) in [5.41, 5.74) is 1.54. The van der Waals surface area contributed by atoms with Gasteiger partial charge in [0, 0.05) is 17.8 Å². The van der Waals surface area contributed by atoms with E-state index < -0.39 is 0 Å². The minimum atomic E-state index is 0.294. The Morgan fingerprint density at radius 3 is 2.86 bits per heavy atom. The number of methoxy groups -OCH3 is 1. The third-order valence-electron chi connectivity index (χ3n) is 3.57. The fourth-order valence-corrected chi connectivity index (χ4v) is 2.17. The molecular formula is C16H18N4O2. The second-order valence-corrected chi connectivity index (χ2v) is 5.16. The Kier molecular flexibility index (Phi) is 4.02. The largest absolute Gasteiger partial charge is 0.497 e. The molecule has 0 bridgehead atoms. The minimum absolute atomic E-state index is 0.294. The average Bonchev–Trinajstić information content (AvgIpc) is 3.02. The Labute approximate surface area is 128 Å². The highest BCUT2D eigenvalue weighted by molar-refractivity contribution is 5.82. The number of ether oxygens (including phenoxy) is 1. The van der Waals surface area contributed by atoms with Crippen molar-refractivity contribution in [3.05, 3.63) is 36.2 Å². The highest BCUT2D eigenvalue weighted by atomic mass is 16.5. The zero-order valence-corrected chi connectivity index (χ0v) is 12.8. The van der Waals surface area contributed by atoms with Crippen LogP contribution >= 0.6 is 0 Å². The lowest BCUT2D eigenvalue weighted by molar-refractivity contribution is 0.415. The highest BCUT2D eigenvalue weighted by Gasteiger charge is 2.12. The Morgan fingerprint density at radius 2 is 2.09 bits per heavy atom. The normalized spacial score (nSPS) is 12.5. The van der Waals surface area contributed by atoms with Crippen LogP contribution in [-0.4, -0.2) is 35.3 Å². The van der Waals surface area contributed by atoms with E-state index in [9.17, 15) is 0 Å². The Balaban J connectivity index is 1.90. The number of benzene rings is 1. The Bertz CT molecular complexity index is 785. The average molecular weight is 298 g/mol. The third kappa shape index (κ3) is 2.92. The number of fused-ring (bicyclic) bond motifs is 1. The summed E-state index contributed by atoms with van der Waals surface area (Å²) in [6.45, 7) is 2.07. The molecule has 1 aromatic carbocycles. The molecule has 6 heteroatoms. The summed E-state index contributed by atoms with van der Waals surface area (Å²) < 4.78 is 10.5. The molecule has 0 saturated heterocycles. The highest BCUT2D eigenvalue weighted by Crippen LogP contribution is 2.23. The van der Waals surface area contributed by atoms with E-state index in [1.165, 1.54) is 0 Å². The number of nitrogens with zero attached hydrogens (tertiary/aromatic N) is 3. The van der Waals surface area contributed by atoms with Crippen molar-refractivity contribution in [2.75, 3.05) is 14.2 Å². The van der Waals surface area contributed by atoms with E-state index in [2.05, 4.69) is 27.4 Å². The van der Waals surface area contributed by atoms with Crippen LogP contribution in [0.15, 0.2) is 34.9 Å². The van der Waals surface area contributed by atoms with Gasteiger partial charge >= 0.3 is 0 Å². The van der Waals surface area contributed by atoms with Gasteiger partial charge in [-0.15, -0.1) is 0 Å². The number of aromatic nitrogens is 3. The first-order valence-corrected chi connectivity index (χ1v) is 7.14. The van der Waals surface area contributed by atoms with Crippen LogP contribution in [-0.2, 0) is 6.42 Å². The molecule has 2 heterocycles. The van der Waals surface area contributed by atoms with Crippen LogP contribution in [0.25, 0.3) is 22.5 Å². The van der Waals surface area contributed by atoms with Gasteiger partial charge in [0.2, 0.25) is 0 Å². The fourth-order valence-electron chi connectivity index (χ4n) is 2.17. The maximum atomic E-state index is 5.31. The summed E-state index contributed by atoms with van der Waals surface area (Å²) in [4.78, 5) is 8.97. The number of hydrogen-bond acceptors (Lipinski definition) is 6. The SMILES string of the molecule is CNC(C)Cc1noc(-c2ccc3cc(OC)ccc3n2)n1. The maximum Gasteiger partial charge on any atom is 0.276 e. The molecule has 6 nitrogen and oxygen atoms in total. The van der Waals surface area contributed by atoms with E-state index in [4.69, 9.17) is 9.26 Å². The minimum Gasteiger partial charge on any atom is -0.497 e. The summed E-state index contributed by atoms with van der Waals surface area (Å²) in [6.07, 6.45) is 0.713. The van der Waals surface area contributed by atoms with E-state index in [0.717, 1.165) is 16.7 Å². The molecule has 0 fully saturated rings. The molecule has 1 unspecified atom stereocenters. The third-order valence-corrected chi connectivity index (χ3v) is 3.57. The maximum absolute atomic E-state index is 5.31. The van der Waals surface area contributed by atoms with E-state index in [-0.39, 0.29) is 0 Å². The molecule has 0 amide bonds. The van der Waals surface area contributed by atoms with Gasteiger partial charge < -0.3 is 14.6 Å². The topological polar surface area (TPSA) is 73.1 Å². The van der Waals surface area contributed by atoms with Gasteiger partial charge in [-0.2, -0.15) is 4.98 Å². The number of likely N-dealkylation sites (N-methyl/N-ethyl adjacent to an activating group) is 1. The second-order valence-electron chi connectivity index (χ2n) is 5.16. The molecule has 3 rings (SSSR count). The first kappa shape index (κ1) is 14.5.